The van der Waals surface area contributed by atoms with Gasteiger partial charge in [-0.25, -0.2) is 13.8 Å². The summed E-state index contributed by atoms with van der Waals surface area (Å²) in [5.74, 6) is 1.70. The maximum atomic E-state index is 5.89. The van der Waals surface area contributed by atoms with E-state index in [1.54, 1.807) is 46.1 Å². The van der Waals surface area contributed by atoms with Gasteiger partial charge in [-0.3, -0.25) is 15.0 Å². The summed E-state index contributed by atoms with van der Waals surface area (Å²) < 4.78 is 11.4. The molecule has 6 aromatic rings. The van der Waals surface area contributed by atoms with Crippen LogP contribution in [-0.4, -0.2) is 64.8 Å². The van der Waals surface area contributed by atoms with Crippen molar-refractivity contribution in [3.8, 4) is 34.6 Å². The molecular weight excluding hydrogens is 563 g/mol. The third-order valence-corrected chi connectivity index (χ3v) is 7.73. The number of hydrogen-bond donors (Lipinski definition) is 0. The molecule has 0 atom stereocenters. The highest BCUT2D eigenvalue weighted by Crippen LogP contribution is 2.20. The number of aromatic nitrogens is 12. The minimum atomic E-state index is -0.886. The summed E-state index contributed by atoms with van der Waals surface area (Å²) in [6.07, 6.45) is 5.12. The minimum absolute atomic E-state index is 0.393. The number of pyridine rings is 3. The first-order valence-corrected chi connectivity index (χ1v) is 13.3. The summed E-state index contributed by atoms with van der Waals surface area (Å²) in [4.78, 5) is 13.4. The van der Waals surface area contributed by atoms with E-state index in [4.69, 9.17) is 51.9 Å². The quantitative estimate of drug-likeness (QED) is 0.214. The average Bonchev–Trinajstić information content (AvgIpc) is 3.57. The second kappa shape index (κ2) is 10.3. The SMILES string of the molecule is Cn1c(-c2ccccn2)nn(B(n2nc(-c3ccccn3)n(C)c2=S)n2nc(-c3ccccn3)n(C)c2=S)c1=S. The van der Waals surface area contributed by atoms with Gasteiger partial charge in [0.15, 0.2) is 31.8 Å². The average molecular weight is 585 g/mol. The van der Waals surface area contributed by atoms with E-state index >= 15 is 0 Å². The zero-order valence-electron chi connectivity index (χ0n) is 21.6. The molecule has 6 heterocycles. The van der Waals surface area contributed by atoms with Crippen LogP contribution in [0.15, 0.2) is 73.2 Å². The Morgan fingerprint density at radius 3 is 1.05 bits per heavy atom. The Morgan fingerprint density at radius 2 is 0.800 bits per heavy atom. The van der Waals surface area contributed by atoms with Crippen molar-refractivity contribution in [3.63, 3.8) is 0 Å². The van der Waals surface area contributed by atoms with E-state index in [0.29, 0.717) is 48.9 Å². The van der Waals surface area contributed by atoms with Gasteiger partial charge in [-0.15, -0.1) is 0 Å². The summed E-state index contributed by atoms with van der Waals surface area (Å²) in [5.41, 5.74) is 1.98. The minimum Gasteiger partial charge on any atom is -0.303 e. The van der Waals surface area contributed by atoms with Crippen LogP contribution in [0.4, 0.5) is 0 Å². The number of hydrogen-bond acceptors (Lipinski definition) is 9. The zero-order chi connectivity index (χ0) is 28.0. The van der Waals surface area contributed by atoms with Crippen LogP contribution in [0.1, 0.15) is 0 Å². The van der Waals surface area contributed by atoms with Crippen LogP contribution in [0.25, 0.3) is 34.6 Å². The molecule has 0 fully saturated rings. The summed E-state index contributed by atoms with van der Waals surface area (Å²) >= 11 is 17.7. The molecule has 12 nitrogen and oxygen atoms in total. The van der Waals surface area contributed by atoms with E-state index in [1.165, 1.54) is 0 Å². The van der Waals surface area contributed by atoms with E-state index in [2.05, 4.69) is 15.0 Å². The smallest absolute Gasteiger partial charge is 0.303 e. The molecule has 0 aliphatic heterocycles. The Balaban J connectivity index is 1.63. The molecule has 0 spiro atoms. The molecule has 0 bridgehead atoms. The van der Waals surface area contributed by atoms with Gasteiger partial charge in [-0.2, -0.15) is 15.3 Å². The predicted octanol–water partition coefficient (Wildman–Crippen LogP) is 3.60. The highest BCUT2D eigenvalue weighted by atomic mass is 32.1. The lowest BCUT2D eigenvalue weighted by Gasteiger charge is -2.12. The summed E-state index contributed by atoms with van der Waals surface area (Å²) in [6.45, 7) is 0. The topological polar surface area (TPSA) is 107 Å². The van der Waals surface area contributed by atoms with Gasteiger partial charge in [0, 0.05) is 39.7 Å². The van der Waals surface area contributed by atoms with E-state index in [9.17, 15) is 0 Å². The highest BCUT2D eigenvalue weighted by molar-refractivity contribution is 7.71. The summed E-state index contributed by atoms with van der Waals surface area (Å²) in [5, 5.41) is 14.7. The molecule has 0 aliphatic carbocycles. The van der Waals surface area contributed by atoms with E-state index in [1.807, 2.05) is 75.7 Å². The zero-order valence-corrected chi connectivity index (χ0v) is 24.0. The number of rotatable bonds is 6. The third-order valence-electron chi connectivity index (χ3n) is 6.35. The lowest BCUT2D eigenvalue weighted by Crippen LogP contribution is -2.44. The van der Waals surface area contributed by atoms with Gasteiger partial charge >= 0.3 is 7.12 Å². The van der Waals surface area contributed by atoms with Crippen molar-refractivity contribution in [1.29, 1.82) is 0 Å². The fourth-order valence-electron chi connectivity index (χ4n) is 4.28. The van der Waals surface area contributed by atoms with Gasteiger partial charge in [-0.1, -0.05) is 18.2 Å². The van der Waals surface area contributed by atoms with Crippen LogP contribution in [0.5, 0.6) is 0 Å². The highest BCUT2D eigenvalue weighted by Gasteiger charge is 2.35. The van der Waals surface area contributed by atoms with Crippen LogP contribution in [0.2, 0.25) is 0 Å². The van der Waals surface area contributed by atoms with Crippen LogP contribution in [0.3, 0.4) is 0 Å². The monoisotopic (exact) mass is 584 g/mol. The van der Waals surface area contributed by atoms with Crippen molar-refractivity contribution in [2.75, 3.05) is 0 Å². The van der Waals surface area contributed by atoms with Gasteiger partial charge in [0.25, 0.3) is 0 Å². The van der Waals surface area contributed by atoms with Crippen LogP contribution >= 0.6 is 36.7 Å². The van der Waals surface area contributed by atoms with Crippen molar-refractivity contribution in [1.82, 2.24) is 57.7 Å². The number of nitrogens with zero attached hydrogens (tertiary/aromatic N) is 12. The van der Waals surface area contributed by atoms with Gasteiger partial charge in [-0.05, 0) is 73.1 Å². The summed E-state index contributed by atoms with van der Waals surface area (Å²) in [6, 6.07) is 16.8. The third kappa shape index (κ3) is 4.25. The molecule has 0 radical (unpaired) electrons. The van der Waals surface area contributed by atoms with Crippen molar-refractivity contribution in [2.45, 2.75) is 0 Å². The van der Waals surface area contributed by atoms with E-state index in [-0.39, 0.29) is 0 Å². The molecule has 6 rings (SSSR count). The lowest BCUT2D eigenvalue weighted by atomic mass is 9.96. The fraction of sp³-hybridized carbons (Fsp3) is 0.125. The standard InChI is InChI=1S/C24H21BN12S3/c1-32-19(16-10-4-7-13-26-16)29-35(22(32)38)25(36-23(39)33(2)20(30-36)17-11-5-8-14-27-17)37-24(40)34(3)21(31-37)18-12-6-9-15-28-18/h4-15H,1-3H3. The Kier molecular flexibility index (Phi) is 6.65. The molecule has 16 heteroatoms. The Morgan fingerprint density at radius 1 is 0.500 bits per heavy atom. The lowest BCUT2D eigenvalue weighted by molar-refractivity contribution is 0.741. The molecule has 6 aromatic heterocycles. The van der Waals surface area contributed by atoms with Gasteiger partial charge in [0.05, 0.1) is 0 Å². The molecule has 0 aliphatic rings. The van der Waals surface area contributed by atoms with Gasteiger partial charge in [0.1, 0.15) is 17.1 Å². The second-order valence-electron chi connectivity index (χ2n) is 8.82. The second-order valence-corrected chi connectivity index (χ2v) is 9.92. The molecule has 0 saturated heterocycles. The maximum absolute atomic E-state index is 5.89. The Bertz CT molecular complexity index is 1770. The molecule has 0 unspecified atom stereocenters. The van der Waals surface area contributed by atoms with Crippen molar-refractivity contribution in [3.05, 3.63) is 87.5 Å². The van der Waals surface area contributed by atoms with E-state index in [0.717, 1.165) is 0 Å². The molecule has 0 amide bonds. The molecule has 0 saturated carbocycles. The molecule has 198 valence electrons. The predicted molar refractivity (Wildman–Crippen MR) is 158 cm³/mol. The normalized spacial score (nSPS) is 11.2. The van der Waals surface area contributed by atoms with Gasteiger partial charge < -0.3 is 13.7 Å². The fourth-order valence-corrected chi connectivity index (χ4v) is 4.95. The summed E-state index contributed by atoms with van der Waals surface area (Å²) in [7, 11) is 4.62. The maximum Gasteiger partial charge on any atom is 0.576 e. The molecular formula is C24H21BN12S3. The van der Waals surface area contributed by atoms with Gasteiger partial charge in [0.2, 0.25) is 0 Å². The van der Waals surface area contributed by atoms with Crippen molar-refractivity contribution in [2.24, 2.45) is 21.1 Å². The van der Waals surface area contributed by atoms with Crippen molar-refractivity contribution < 1.29 is 0 Å². The Labute approximate surface area is 244 Å². The molecule has 0 N–H and O–H groups in total. The largest absolute Gasteiger partial charge is 0.576 e. The molecule has 0 aromatic carbocycles. The van der Waals surface area contributed by atoms with Crippen LogP contribution in [-0.2, 0) is 21.1 Å². The molecule has 40 heavy (non-hydrogen) atoms. The first-order valence-electron chi connectivity index (χ1n) is 12.1. The first-order chi connectivity index (χ1) is 19.4. The van der Waals surface area contributed by atoms with Crippen LogP contribution < -0.4 is 0 Å². The van der Waals surface area contributed by atoms with Crippen LogP contribution in [0, 0.1) is 14.3 Å². The Hall–Kier alpha value is -4.41. The van der Waals surface area contributed by atoms with E-state index < -0.39 is 7.12 Å². The van der Waals surface area contributed by atoms with Crippen molar-refractivity contribution >= 4 is 43.8 Å². The first kappa shape index (κ1) is 25.9.